The average molecular weight is 409 g/mol. The molecule has 1 amide bonds. The smallest absolute Gasteiger partial charge is 0.283 e. The second-order valence-electron chi connectivity index (χ2n) is 7.46. The van der Waals surface area contributed by atoms with Gasteiger partial charge in [-0.2, -0.15) is 5.10 Å². The van der Waals surface area contributed by atoms with Gasteiger partial charge in [-0.1, -0.05) is 41.9 Å². The van der Waals surface area contributed by atoms with Crippen molar-refractivity contribution in [2.45, 2.75) is 38.3 Å². The summed E-state index contributed by atoms with van der Waals surface area (Å²) in [6.45, 7) is 3.66. The molecule has 8 heteroatoms. The molecule has 0 N–H and O–H groups in total. The van der Waals surface area contributed by atoms with E-state index in [1.54, 1.807) is 4.90 Å². The lowest BCUT2D eigenvalue weighted by molar-refractivity contribution is -0.133. The quantitative estimate of drug-likeness (QED) is 0.732. The third-order valence-corrected chi connectivity index (χ3v) is 5.77. The van der Waals surface area contributed by atoms with Gasteiger partial charge in [0.25, 0.3) is 6.43 Å². The van der Waals surface area contributed by atoms with Crippen molar-refractivity contribution in [1.29, 1.82) is 0 Å². The Hall–Kier alpha value is -1.99. The van der Waals surface area contributed by atoms with Gasteiger partial charge in [0.15, 0.2) is 0 Å². The van der Waals surface area contributed by atoms with Gasteiger partial charge in [0.05, 0.1) is 10.7 Å². The van der Waals surface area contributed by atoms with Crippen LogP contribution in [0.5, 0.6) is 0 Å². The van der Waals surface area contributed by atoms with Crippen molar-refractivity contribution >= 4 is 17.5 Å². The van der Waals surface area contributed by atoms with Gasteiger partial charge >= 0.3 is 0 Å². The number of halogens is 3. The third-order valence-electron chi connectivity index (χ3n) is 5.39. The van der Waals surface area contributed by atoms with Crippen molar-refractivity contribution in [2.75, 3.05) is 26.2 Å². The molecule has 4 rings (SSSR count). The summed E-state index contributed by atoms with van der Waals surface area (Å²) >= 11 is 6.13. The molecule has 1 aromatic carbocycles. The second kappa shape index (κ2) is 8.17. The number of benzene rings is 1. The highest BCUT2D eigenvalue weighted by Gasteiger charge is 2.35. The maximum atomic E-state index is 13.2. The van der Waals surface area contributed by atoms with Gasteiger partial charge in [-0.15, -0.1) is 0 Å². The summed E-state index contributed by atoms with van der Waals surface area (Å²) in [5.74, 6) is 0.0456. The molecule has 0 radical (unpaired) electrons. The van der Waals surface area contributed by atoms with Crippen LogP contribution in [0.3, 0.4) is 0 Å². The number of hydrogen-bond acceptors (Lipinski definition) is 3. The summed E-state index contributed by atoms with van der Waals surface area (Å²) in [4.78, 5) is 16.8. The summed E-state index contributed by atoms with van der Waals surface area (Å²) in [6, 6.07) is 10.2. The minimum Gasteiger partial charge on any atom is -0.339 e. The van der Waals surface area contributed by atoms with Gasteiger partial charge in [-0.3, -0.25) is 14.4 Å². The van der Waals surface area contributed by atoms with Crippen LogP contribution in [-0.4, -0.2) is 51.7 Å². The standard InChI is InChI=1S/C20H23ClF2N4O/c21-17-18(20(22)23)24-27(19(17)15-6-7-15)13-16(28)26-10-8-25(9-11-26)12-14-4-2-1-3-5-14/h1-5,15,20H,6-13H2. The lowest BCUT2D eigenvalue weighted by atomic mass is 10.2. The largest absolute Gasteiger partial charge is 0.339 e. The summed E-state index contributed by atoms with van der Waals surface area (Å²) in [5.41, 5.74) is 1.43. The van der Waals surface area contributed by atoms with E-state index < -0.39 is 12.1 Å². The first-order valence-corrected chi connectivity index (χ1v) is 9.99. The van der Waals surface area contributed by atoms with E-state index in [1.807, 2.05) is 18.2 Å². The topological polar surface area (TPSA) is 41.4 Å². The third kappa shape index (κ3) is 4.20. The Morgan fingerprint density at radius 2 is 1.82 bits per heavy atom. The first-order valence-electron chi connectivity index (χ1n) is 9.61. The number of piperazine rings is 1. The Labute approximate surface area is 167 Å². The molecule has 2 heterocycles. The van der Waals surface area contributed by atoms with E-state index in [0.29, 0.717) is 18.8 Å². The molecule has 1 aliphatic carbocycles. The molecular weight excluding hydrogens is 386 g/mol. The van der Waals surface area contributed by atoms with Crippen LogP contribution < -0.4 is 0 Å². The lowest BCUT2D eigenvalue weighted by Gasteiger charge is -2.34. The monoisotopic (exact) mass is 408 g/mol. The molecule has 28 heavy (non-hydrogen) atoms. The van der Waals surface area contributed by atoms with Gasteiger partial charge in [-0.25, -0.2) is 8.78 Å². The van der Waals surface area contributed by atoms with Gasteiger partial charge in [0.2, 0.25) is 5.91 Å². The maximum Gasteiger partial charge on any atom is 0.283 e. The fourth-order valence-corrected chi connectivity index (χ4v) is 4.08. The van der Waals surface area contributed by atoms with Crippen LogP contribution in [0.2, 0.25) is 5.02 Å². The van der Waals surface area contributed by atoms with Gasteiger partial charge in [0.1, 0.15) is 12.2 Å². The summed E-state index contributed by atoms with van der Waals surface area (Å²) in [6.07, 6.45) is -0.927. The lowest BCUT2D eigenvalue weighted by Crippen LogP contribution is -2.49. The predicted molar refractivity (Wildman–Crippen MR) is 102 cm³/mol. The van der Waals surface area contributed by atoms with E-state index in [2.05, 4.69) is 22.1 Å². The van der Waals surface area contributed by atoms with Crippen molar-refractivity contribution in [1.82, 2.24) is 19.6 Å². The molecular formula is C20H23ClF2N4O. The Morgan fingerprint density at radius 3 is 2.43 bits per heavy atom. The zero-order valence-corrected chi connectivity index (χ0v) is 16.3. The van der Waals surface area contributed by atoms with Crippen LogP contribution in [0.25, 0.3) is 0 Å². The molecule has 2 fully saturated rings. The number of aromatic nitrogens is 2. The van der Waals surface area contributed by atoms with Crippen LogP contribution in [0.4, 0.5) is 8.78 Å². The van der Waals surface area contributed by atoms with E-state index in [-0.39, 0.29) is 23.4 Å². The molecule has 0 atom stereocenters. The van der Waals surface area contributed by atoms with Crippen LogP contribution in [0.15, 0.2) is 30.3 Å². The zero-order valence-electron chi connectivity index (χ0n) is 15.5. The zero-order chi connectivity index (χ0) is 19.7. The van der Waals surface area contributed by atoms with E-state index in [9.17, 15) is 13.6 Å². The van der Waals surface area contributed by atoms with Crippen LogP contribution in [0.1, 0.15) is 42.1 Å². The molecule has 1 aliphatic heterocycles. The predicted octanol–water partition coefficient (Wildman–Crippen LogP) is 3.70. The maximum absolute atomic E-state index is 13.2. The van der Waals surface area contributed by atoms with E-state index >= 15 is 0 Å². The highest BCUT2D eigenvalue weighted by atomic mass is 35.5. The van der Waals surface area contributed by atoms with E-state index in [4.69, 9.17) is 11.6 Å². The molecule has 2 aliphatic rings. The Bertz CT molecular complexity index is 830. The Balaban J connectivity index is 1.37. The molecule has 1 saturated heterocycles. The Morgan fingerprint density at radius 1 is 1.14 bits per heavy atom. The van der Waals surface area contributed by atoms with Crippen LogP contribution >= 0.6 is 11.6 Å². The molecule has 0 spiro atoms. The minimum absolute atomic E-state index is 0.0259. The van der Waals surface area contributed by atoms with Gasteiger partial charge in [0, 0.05) is 38.6 Å². The summed E-state index contributed by atoms with van der Waals surface area (Å²) < 4.78 is 27.7. The van der Waals surface area contributed by atoms with Crippen LogP contribution in [0, 0.1) is 0 Å². The molecule has 150 valence electrons. The SMILES string of the molecule is O=C(Cn1nc(C(F)F)c(Cl)c1C1CC1)N1CCN(Cc2ccccc2)CC1. The number of carbonyl (C=O) groups is 1. The first kappa shape index (κ1) is 19.3. The van der Waals surface area contributed by atoms with Crippen molar-refractivity contribution in [3.63, 3.8) is 0 Å². The van der Waals surface area contributed by atoms with E-state index in [0.717, 1.165) is 32.5 Å². The molecule has 2 aromatic rings. The fourth-order valence-electron chi connectivity index (χ4n) is 3.70. The molecule has 1 saturated carbocycles. The fraction of sp³-hybridized carbons (Fsp3) is 0.500. The van der Waals surface area contributed by atoms with Gasteiger partial charge in [-0.05, 0) is 18.4 Å². The second-order valence-corrected chi connectivity index (χ2v) is 7.84. The highest BCUT2D eigenvalue weighted by Crippen LogP contribution is 2.45. The van der Waals surface area contributed by atoms with Crippen molar-refractivity contribution < 1.29 is 13.6 Å². The van der Waals surface area contributed by atoms with Crippen molar-refractivity contribution in [3.8, 4) is 0 Å². The van der Waals surface area contributed by atoms with Gasteiger partial charge < -0.3 is 4.90 Å². The van der Waals surface area contributed by atoms with E-state index in [1.165, 1.54) is 10.2 Å². The van der Waals surface area contributed by atoms with Crippen molar-refractivity contribution in [3.05, 3.63) is 52.3 Å². The molecule has 5 nitrogen and oxygen atoms in total. The number of hydrogen-bond donors (Lipinski definition) is 0. The molecule has 1 aromatic heterocycles. The number of alkyl halides is 2. The minimum atomic E-state index is -2.73. The average Bonchev–Trinajstić information content (AvgIpc) is 3.47. The van der Waals surface area contributed by atoms with Crippen molar-refractivity contribution in [2.24, 2.45) is 0 Å². The number of amides is 1. The number of nitrogens with zero attached hydrogens (tertiary/aromatic N) is 4. The van der Waals surface area contributed by atoms with Crippen LogP contribution in [-0.2, 0) is 17.9 Å². The first-order chi connectivity index (χ1) is 13.5. The summed E-state index contributed by atoms with van der Waals surface area (Å²) in [7, 11) is 0. The number of carbonyl (C=O) groups excluding carboxylic acids is 1. The summed E-state index contributed by atoms with van der Waals surface area (Å²) in [5, 5.41) is 3.98. The molecule has 0 bridgehead atoms. The molecule has 0 unspecified atom stereocenters. The Kier molecular flexibility index (Phi) is 5.64. The highest BCUT2D eigenvalue weighted by molar-refractivity contribution is 6.32. The number of rotatable bonds is 6. The normalized spacial score (nSPS) is 18.1.